The molecule has 2 amide bonds. The van der Waals surface area contributed by atoms with E-state index < -0.39 is 0 Å². The van der Waals surface area contributed by atoms with Gasteiger partial charge in [-0.15, -0.1) is 0 Å². The molecule has 1 spiro atoms. The molecular weight excluding hydrogens is 328 g/mol. The molecule has 3 aliphatic rings. The molecule has 26 heavy (non-hydrogen) atoms. The van der Waals surface area contributed by atoms with Gasteiger partial charge in [0.05, 0.1) is 5.41 Å². The van der Waals surface area contributed by atoms with Gasteiger partial charge in [0.15, 0.2) is 0 Å². The lowest BCUT2D eigenvalue weighted by Gasteiger charge is -2.42. The van der Waals surface area contributed by atoms with E-state index in [1.807, 2.05) is 11.8 Å². The maximum Gasteiger partial charge on any atom is 0.272 e. The van der Waals surface area contributed by atoms with Gasteiger partial charge in [0.1, 0.15) is 11.5 Å². The molecule has 2 aliphatic heterocycles. The molecule has 1 atom stereocenters. The van der Waals surface area contributed by atoms with Gasteiger partial charge in [0.2, 0.25) is 5.91 Å². The van der Waals surface area contributed by atoms with Gasteiger partial charge in [0.25, 0.3) is 5.91 Å². The predicted octanol–water partition coefficient (Wildman–Crippen LogP) is 2.35. The lowest BCUT2D eigenvalue weighted by atomic mass is 9.77. The fourth-order valence-electron chi connectivity index (χ4n) is 4.73. The molecule has 2 saturated heterocycles. The molecule has 6 heteroatoms. The molecule has 4 rings (SSSR count). The van der Waals surface area contributed by atoms with Crippen molar-refractivity contribution >= 4 is 11.8 Å². The van der Waals surface area contributed by atoms with Crippen molar-refractivity contribution in [1.29, 1.82) is 0 Å². The molecule has 0 N–H and O–H groups in total. The normalized spacial score (nSPS) is 26.5. The van der Waals surface area contributed by atoms with Gasteiger partial charge in [-0.1, -0.05) is 6.42 Å². The number of rotatable bonds is 3. The highest BCUT2D eigenvalue weighted by Crippen LogP contribution is 2.41. The Labute approximate surface area is 155 Å². The smallest absolute Gasteiger partial charge is 0.272 e. The third-order valence-corrected chi connectivity index (χ3v) is 6.35. The van der Waals surface area contributed by atoms with Crippen LogP contribution in [0.2, 0.25) is 0 Å². The van der Waals surface area contributed by atoms with Crippen molar-refractivity contribution in [1.82, 2.24) is 19.8 Å². The lowest BCUT2D eigenvalue weighted by molar-refractivity contribution is -0.146. The summed E-state index contributed by atoms with van der Waals surface area (Å²) in [6.45, 7) is 6.66. The highest BCUT2D eigenvalue weighted by atomic mass is 16.2. The summed E-state index contributed by atoms with van der Waals surface area (Å²) < 4.78 is 0. The standard InChI is InChI=1S/C20H28N4O2/c1-14-11-17(22-15(2)21-14)18(25)24-10-8-20(13-24)7-4-9-23(19(20)26)12-16-5-3-6-16/h11,16H,3-10,12-13H2,1-2H3/t20-/m1/s1. The molecule has 3 fully saturated rings. The number of carbonyl (C=O) groups excluding carboxylic acids is 2. The SMILES string of the molecule is Cc1cc(C(=O)N2CC[C@]3(CCCN(CC4CCC4)C3=O)C2)nc(C)n1. The Kier molecular flexibility index (Phi) is 4.45. The highest BCUT2D eigenvalue weighted by molar-refractivity contribution is 5.94. The predicted molar refractivity (Wildman–Crippen MR) is 97.6 cm³/mol. The Hall–Kier alpha value is -1.98. The van der Waals surface area contributed by atoms with E-state index in [1.165, 1.54) is 19.3 Å². The van der Waals surface area contributed by atoms with Crippen molar-refractivity contribution in [3.8, 4) is 0 Å². The van der Waals surface area contributed by atoms with Crippen molar-refractivity contribution in [3.63, 3.8) is 0 Å². The third kappa shape index (κ3) is 3.10. The maximum absolute atomic E-state index is 13.2. The van der Waals surface area contributed by atoms with Gasteiger partial charge < -0.3 is 9.80 Å². The minimum Gasteiger partial charge on any atom is -0.342 e. The summed E-state index contributed by atoms with van der Waals surface area (Å²) in [5.41, 5.74) is 0.881. The van der Waals surface area contributed by atoms with Crippen molar-refractivity contribution in [2.75, 3.05) is 26.2 Å². The van der Waals surface area contributed by atoms with Crippen LogP contribution in [0.25, 0.3) is 0 Å². The molecule has 0 bridgehead atoms. The van der Waals surface area contributed by atoms with E-state index in [0.717, 1.165) is 38.0 Å². The summed E-state index contributed by atoms with van der Waals surface area (Å²) in [6, 6.07) is 1.74. The second-order valence-electron chi connectivity index (χ2n) is 8.35. The topological polar surface area (TPSA) is 66.4 Å². The van der Waals surface area contributed by atoms with E-state index in [0.29, 0.717) is 30.5 Å². The molecule has 140 valence electrons. The quantitative estimate of drug-likeness (QED) is 0.834. The third-order valence-electron chi connectivity index (χ3n) is 6.35. The number of amides is 2. The van der Waals surface area contributed by atoms with Crippen LogP contribution in [0.15, 0.2) is 6.07 Å². The van der Waals surface area contributed by atoms with Crippen LogP contribution in [-0.2, 0) is 4.79 Å². The van der Waals surface area contributed by atoms with Crippen molar-refractivity contribution < 1.29 is 9.59 Å². The average Bonchev–Trinajstić information content (AvgIpc) is 2.98. The Balaban J connectivity index is 1.47. The van der Waals surface area contributed by atoms with Gasteiger partial charge in [-0.25, -0.2) is 9.97 Å². The number of nitrogens with zero attached hydrogens (tertiary/aromatic N) is 4. The summed E-state index contributed by atoms with van der Waals surface area (Å²) in [6.07, 6.45) is 6.55. The van der Waals surface area contributed by atoms with Crippen LogP contribution in [0.5, 0.6) is 0 Å². The molecule has 1 aromatic rings. The van der Waals surface area contributed by atoms with Crippen LogP contribution in [0, 0.1) is 25.2 Å². The zero-order chi connectivity index (χ0) is 18.3. The summed E-state index contributed by atoms with van der Waals surface area (Å²) in [5.74, 6) is 1.52. The first kappa shape index (κ1) is 17.4. The molecule has 0 radical (unpaired) electrons. The Morgan fingerprint density at radius 1 is 1.19 bits per heavy atom. The molecule has 6 nitrogen and oxygen atoms in total. The van der Waals surface area contributed by atoms with Gasteiger partial charge in [-0.3, -0.25) is 9.59 Å². The van der Waals surface area contributed by atoms with Crippen LogP contribution in [0.3, 0.4) is 0 Å². The van der Waals surface area contributed by atoms with Crippen LogP contribution in [-0.4, -0.2) is 57.8 Å². The van der Waals surface area contributed by atoms with E-state index in [2.05, 4.69) is 14.9 Å². The minimum absolute atomic E-state index is 0.0700. The van der Waals surface area contributed by atoms with Gasteiger partial charge in [-0.2, -0.15) is 0 Å². The van der Waals surface area contributed by atoms with E-state index in [-0.39, 0.29) is 17.2 Å². The number of hydrogen-bond acceptors (Lipinski definition) is 4. The summed E-state index contributed by atoms with van der Waals surface area (Å²) >= 11 is 0. The summed E-state index contributed by atoms with van der Waals surface area (Å²) in [7, 11) is 0. The van der Waals surface area contributed by atoms with E-state index in [9.17, 15) is 9.59 Å². The van der Waals surface area contributed by atoms with Crippen LogP contribution < -0.4 is 0 Å². The number of piperidine rings is 1. The average molecular weight is 356 g/mol. The molecule has 0 unspecified atom stereocenters. The first-order valence-electron chi connectivity index (χ1n) is 9.88. The number of aryl methyl sites for hydroxylation is 2. The number of likely N-dealkylation sites (tertiary alicyclic amines) is 2. The minimum atomic E-state index is -0.366. The second-order valence-corrected chi connectivity index (χ2v) is 8.35. The summed E-state index contributed by atoms with van der Waals surface area (Å²) in [5, 5.41) is 0. The number of hydrogen-bond donors (Lipinski definition) is 0. The lowest BCUT2D eigenvalue weighted by Crippen LogP contribution is -2.52. The van der Waals surface area contributed by atoms with Crippen LogP contribution in [0.4, 0.5) is 0 Å². The Bertz CT molecular complexity index is 710. The first-order chi connectivity index (χ1) is 12.5. The molecule has 1 saturated carbocycles. The van der Waals surface area contributed by atoms with Crippen LogP contribution in [0.1, 0.15) is 60.5 Å². The number of carbonyl (C=O) groups is 2. The second kappa shape index (κ2) is 6.63. The van der Waals surface area contributed by atoms with Gasteiger partial charge >= 0.3 is 0 Å². The number of aromatic nitrogens is 2. The molecule has 0 aromatic carbocycles. The largest absolute Gasteiger partial charge is 0.342 e. The molecule has 3 heterocycles. The fraction of sp³-hybridized carbons (Fsp3) is 0.700. The van der Waals surface area contributed by atoms with Gasteiger partial charge in [-0.05, 0) is 57.9 Å². The highest BCUT2D eigenvalue weighted by Gasteiger charge is 2.49. The molecule has 1 aliphatic carbocycles. The Morgan fingerprint density at radius 2 is 2.00 bits per heavy atom. The summed E-state index contributed by atoms with van der Waals surface area (Å²) in [4.78, 5) is 38.6. The first-order valence-corrected chi connectivity index (χ1v) is 9.88. The Morgan fingerprint density at radius 3 is 2.69 bits per heavy atom. The van der Waals surface area contributed by atoms with E-state index >= 15 is 0 Å². The zero-order valence-electron chi connectivity index (χ0n) is 15.8. The van der Waals surface area contributed by atoms with Crippen molar-refractivity contribution in [3.05, 3.63) is 23.3 Å². The van der Waals surface area contributed by atoms with Crippen LogP contribution >= 0.6 is 0 Å². The van der Waals surface area contributed by atoms with Crippen molar-refractivity contribution in [2.24, 2.45) is 11.3 Å². The van der Waals surface area contributed by atoms with E-state index in [4.69, 9.17) is 0 Å². The van der Waals surface area contributed by atoms with Crippen molar-refractivity contribution in [2.45, 2.75) is 52.4 Å². The monoisotopic (exact) mass is 356 g/mol. The maximum atomic E-state index is 13.2. The van der Waals surface area contributed by atoms with Gasteiger partial charge in [0, 0.05) is 31.9 Å². The fourth-order valence-corrected chi connectivity index (χ4v) is 4.73. The zero-order valence-corrected chi connectivity index (χ0v) is 15.8. The molecular formula is C20H28N4O2. The molecule has 1 aromatic heterocycles. The van der Waals surface area contributed by atoms with E-state index in [1.54, 1.807) is 13.0 Å².